The van der Waals surface area contributed by atoms with Crippen molar-refractivity contribution in [3.05, 3.63) is 0 Å². The van der Waals surface area contributed by atoms with Crippen LogP contribution in [0.3, 0.4) is 0 Å². The first kappa shape index (κ1) is 19.2. The van der Waals surface area contributed by atoms with Crippen LogP contribution in [0, 0.1) is 11.3 Å². The number of methoxy groups -OCH3 is 1. The molecule has 0 aromatic rings. The second-order valence-electron chi connectivity index (χ2n) is 7.91. The molecular formula is C18H33N3O3. The second-order valence-corrected chi connectivity index (χ2v) is 7.91. The Balaban J connectivity index is 1.68. The van der Waals surface area contributed by atoms with Gasteiger partial charge < -0.3 is 10.1 Å². The van der Waals surface area contributed by atoms with Crippen LogP contribution < -0.4 is 10.6 Å². The molecule has 2 rings (SSSR count). The zero-order valence-electron chi connectivity index (χ0n) is 15.4. The van der Waals surface area contributed by atoms with Gasteiger partial charge in [0.1, 0.15) is 0 Å². The van der Waals surface area contributed by atoms with Crippen molar-refractivity contribution >= 4 is 11.9 Å². The van der Waals surface area contributed by atoms with Crippen LogP contribution in [0.2, 0.25) is 0 Å². The SMILES string of the molecule is COCC1(C)CCN(CC(=O)NC(=O)N[C@H]2CCCC[C@H]2C)CC1. The van der Waals surface area contributed by atoms with Crippen molar-refractivity contribution in [1.82, 2.24) is 15.5 Å². The van der Waals surface area contributed by atoms with E-state index >= 15 is 0 Å². The highest BCUT2D eigenvalue weighted by Gasteiger charge is 2.31. The summed E-state index contributed by atoms with van der Waals surface area (Å²) in [5, 5.41) is 5.45. The van der Waals surface area contributed by atoms with E-state index in [0.29, 0.717) is 5.92 Å². The fourth-order valence-corrected chi connectivity index (χ4v) is 3.85. The maximum Gasteiger partial charge on any atom is 0.321 e. The summed E-state index contributed by atoms with van der Waals surface area (Å²) >= 11 is 0. The molecule has 1 saturated heterocycles. The van der Waals surface area contributed by atoms with Crippen LogP contribution in [-0.4, -0.2) is 56.2 Å². The molecule has 6 nitrogen and oxygen atoms in total. The van der Waals surface area contributed by atoms with Crippen molar-refractivity contribution in [3.8, 4) is 0 Å². The van der Waals surface area contributed by atoms with Crippen LogP contribution in [-0.2, 0) is 9.53 Å². The lowest BCUT2D eigenvalue weighted by molar-refractivity contribution is -0.121. The first-order valence-corrected chi connectivity index (χ1v) is 9.23. The van der Waals surface area contributed by atoms with Crippen LogP contribution in [0.25, 0.3) is 0 Å². The van der Waals surface area contributed by atoms with Gasteiger partial charge in [-0.05, 0) is 50.1 Å². The number of ether oxygens (including phenoxy) is 1. The third-order valence-electron chi connectivity index (χ3n) is 5.60. The zero-order valence-corrected chi connectivity index (χ0v) is 15.4. The van der Waals surface area contributed by atoms with Gasteiger partial charge in [0.05, 0.1) is 13.2 Å². The fraction of sp³-hybridized carbons (Fsp3) is 0.889. The summed E-state index contributed by atoms with van der Waals surface area (Å²) in [6.45, 7) is 7.18. The van der Waals surface area contributed by atoms with Crippen molar-refractivity contribution < 1.29 is 14.3 Å². The summed E-state index contributed by atoms with van der Waals surface area (Å²) in [5.74, 6) is 0.270. The molecular weight excluding hydrogens is 306 g/mol. The summed E-state index contributed by atoms with van der Waals surface area (Å²) in [6, 6.07) is -0.156. The lowest BCUT2D eigenvalue weighted by Crippen LogP contribution is -2.51. The van der Waals surface area contributed by atoms with Crippen molar-refractivity contribution in [1.29, 1.82) is 0 Å². The summed E-state index contributed by atoms with van der Waals surface area (Å²) in [4.78, 5) is 26.2. The molecule has 0 aromatic carbocycles. The Morgan fingerprint density at radius 3 is 2.50 bits per heavy atom. The zero-order chi connectivity index (χ0) is 17.6. The topological polar surface area (TPSA) is 70.7 Å². The van der Waals surface area contributed by atoms with Gasteiger partial charge in [0.2, 0.25) is 5.91 Å². The number of rotatable bonds is 5. The summed E-state index contributed by atoms with van der Waals surface area (Å²) < 4.78 is 5.28. The van der Waals surface area contributed by atoms with Gasteiger partial charge in [-0.25, -0.2) is 4.79 Å². The largest absolute Gasteiger partial charge is 0.384 e. The lowest BCUT2D eigenvalue weighted by Gasteiger charge is -2.38. The van der Waals surface area contributed by atoms with E-state index in [9.17, 15) is 9.59 Å². The van der Waals surface area contributed by atoms with E-state index in [4.69, 9.17) is 4.74 Å². The van der Waals surface area contributed by atoms with Gasteiger partial charge in [-0.15, -0.1) is 0 Å². The maximum absolute atomic E-state index is 12.1. The Morgan fingerprint density at radius 1 is 1.21 bits per heavy atom. The molecule has 0 spiro atoms. The van der Waals surface area contributed by atoms with E-state index in [1.54, 1.807) is 7.11 Å². The minimum Gasteiger partial charge on any atom is -0.384 e. The van der Waals surface area contributed by atoms with Crippen molar-refractivity contribution in [2.75, 3.05) is 33.4 Å². The van der Waals surface area contributed by atoms with Crippen molar-refractivity contribution in [2.45, 2.75) is 58.4 Å². The highest BCUT2D eigenvalue weighted by Crippen LogP contribution is 2.30. The normalized spacial score (nSPS) is 27.5. The molecule has 138 valence electrons. The third-order valence-corrected chi connectivity index (χ3v) is 5.60. The minimum absolute atomic E-state index is 0.191. The average molecular weight is 339 g/mol. The van der Waals surface area contributed by atoms with Gasteiger partial charge in [-0.2, -0.15) is 0 Å². The molecule has 2 aliphatic rings. The van der Waals surface area contributed by atoms with E-state index < -0.39 is 0 Å². The van der Waals surface area contributed by atoms with Gasteiger partial charge in [-0.1, -0.05) is 26.7 Å². The van der Waals surface area contributed by atoms with E-state index in [2.05, 4.69) is 29.4 Å². The van der Waals surface area contributed by atoms with Gasteiger partial charge in [0.15, 0.2) is 0 Å². The van der Waals surface area contributed by atoms with E-state index in [-0.39, 0.29) is 29.9 Å². The Labute approximate surface area is 145 Å². The molecule has 2 atom stereocenters. The van der Waals surface area contributed by atoms with Gasteiger partial charge in [-0.3, -0.25) is 15.0 Å². The van der Waals surface area contributed by atoms with Crippen LogP contribution in [0.5, 0.6) is 0 Å². The number of nitrogens with one attached hydrogen (secondary N) is 2. The maximum atomic E-state index is 12.1. The van der Waals surface area contributed by atoms with Crippen LogP contribution >= 0.6 is 0 Å². The molecule has 0 unspecified atom stereocenters. The van der Waals surface area contributed by atoms with Gasteiger partial charge >= 0.3 is 6.03 Å². The molecule has 1 aliphatic carbocycles. The number of nitrogens with zero attached hydrogens (tertiary/aromatic N) is 1. The number of hydrogen-bond donors (Lipinski definition) is 2. The highest BCUT2D eigenvalue weighted by atomic mass is 16.5. The molecule has 2 fully saturated rings. The number of urea groups is 1. The number of likely N-dealkylation sites (tertiary alicyclic amines) is 1. The fourth-order valence-electron chi connectivity index (χ4n) is 3.85. The van der Waals surface area contributed by atoms with Crippen LogP contribution in [0.15, 0.2) is 0 Å². The van der Waals surface area contributed by atoms with Gasteiger partial charge in [0, 0.05) is 13.2 Å². The summed E-state index contributed by atoms with van der Waals surface area (Å²) in [6.07, 6.45) is 6.56. The Morgan fingerprint density at radius 2 is 1.88 bits per heavy atom. The minimum atomic E-state index is -0.347. The molecule has 1 heterocycles. The number of amides is 3. The molecule has 1 aliphatic heterocycles. The molecule has 0 aromatic heterocycles. The molecule has 3 amide bonds. The highest BCUT2D eigenvalue weighted by molar-refractivity contribution is 5.95. The Bertz CT molecular complexity index is 433. The number of carbonyl (C=O) groups is 2. The van der Waals surface area contributed by atoms with Crippen molar-refractivity contribution in [2.24, 2.45) is 11.3 Å². The van der Waals surface area contributed by atoms with Crippen LogP contribution in [0.4, 0.5) is 4.79 Å². The quantitative estimate of drug-likeness (QED) is 0.805. The lowest BCUT2D eigenvalue weighted by atomic mass is 9.81. The van der Waals surface area contributed by atoms with Crippen LogP contribution in [0.1, 0.15) is 52.4 Å². The van der Waals surface area contributed by atoms with E-state index in [0.717, 1.165) is 51.8 Å². The first-order chi connectivity index (χ1) is 11.4. The number of hydrogen-bond acceptors (Lipinski definition) is 4. The first-order valence-electron chi connectivity index (χ1n) is 9.23. The summed E-state index contributed by atoms with van der Waals surface area (Å²) in [7, 11) is 1.73. The van der Waals surface area contributed by atoms with E-state index in [1.807, 2.05) is 0 Å². The number of piperidine rings is 1. The second kappa shape index (κ2) is 8.81. The van der Waals surface area contributed by atoms with Gasteiger partial charge in [0.25, 0.3) is 0 Å². The Kier molecular flexibility index (Phi) is 7.04. The molecule has 24 heavy (non-hydrogen) atoms. The number of imide groups is 1. The molecule has 2 N–H and O–H groups in total. The monoisotopic (exact) mass is 339 g/mol. The third kappa shape index (κ3) is 5.74. The molecule has 0 bridgehead atoms. The number of carbonyl (C=O) groups excluding carboxylic acids is 2. The predicted molar refractivity (Wildman–Crippen MR) is 93.8 cm³/mol. The van der Waals surface area contributed by atoms with Crippen molar-refractivity contribution in [3.63, 3.8) is 0 Å². The molecule has 1 saturated carbocycles. The summed E-state index contributed by atoms with van der Waals surface area (Å²) in [5.41, 5.74) is 0.205. The predicted octanol–water partition coefficient (Wildman–Crippen LogP) is 2.14. The smallest absolute Gasteiger partial charge is 0.321 e. The average Bonchev–Trinajstić information content (AvgIpc) is 2.52. The standard InChI is InChI=1S/C18H33N3O3/c1-14-6-4-5-7-15(14)19-17(23)20-16(22)12-21-10-8-18(2,9-11-21)13-24-3/h14-15H,4-13H2,1-3H3,(H2,19,20,22,23)/t14-,15+/m1/s1. The Hall–Kier alpha value is -1.14. The molecule has 0 radical (unpaired) electrons. The molecule has 6 heteroatoms. The van der Waals surface area contributed by atoms with E-state index in [1.165, 1.54) is 6.42 Å².